The molecule has 2 atom stereocenters. The Hall–Kier alpha value is -1.51. The Morgan fingerprint density at radius 3 is 1.21 bits per heavy atom. The number of phosphoric acid groups is 1. The summed E-state index contributed by atoms with van der Waals surface area (Å²) in [7, 11) is -4.38. The molecule has 0 aliphatic heterocycles. The van der Waals surface area contributed by atoms with Crippen molar-refractivity contribution in [3.63, 3.8) is 0 Å². The molecular weight excluding hydrogens is 846 g/mol. The molecule has 0 bridgehead atoms. The van der Waals surface area contributed by atoms with Crippen LogP contribution >= 0.6 is 7.82 Å². The maximum Gasteiger partial charge on any atom is 0.472 e. The van der Waals surface area contributed by atoms with Gasteiger partial charge < -0.3 is 20.1 Å². The summed E-state index contributed by atoms with van der Waals surface area (Å²) >= 11 is 0. The number of hydrogen-bond donors (Lipinski definition) is 2. The van der Waals surface area contributed by atoms with Gasteiger partial charge in [0.25, 0.3) is 0 Å². The van der Waals surface area contributed by atoms with Gasteiger partial charge in [-0.2, -0.15) is 0 Å². The number of nitrogens with two attached hydrogens (primary N) is 1. The standard InChI is InChI=1S/C56H108NO8P/c1-3-5-7-9-11-13-15-17-18-19-20-21-22-23-24-25-26-27-28-29-30-31-32-33-34-35-37-38-40-42-44-46-48-55(58)62-52-54(53-64-66(60,61)63-51-50-57)65-56(59)49-47-45-43-41-39-36-16-14-12-10-8-6-4-2/h8,10,14,16,54H,3-7,9,11-13,15,17-53,57H2,1-2H3,(H,60,61)/b10-8-,16-14-. The Morgan fingerprint density at radius 1 is 0.455 bits per heavy atom. The fourth-order valence-corrected chi connectivity index (χ4v) is 9.15. The minimum atomic E-state index is -4.38. The van der Waals surface area contributed by atoms with E-state index in [9.17, 15) is 19.0 Å². The van der Waals surface area contributed by atoms with Gasteiger partial charge in [0, 0.05) is 19.4 Å². The summed E-state index contributed by atoms with van der Waals surface area (Å²) in [5, 5.41) is 0. The van der Waals surface area contributed by atoms with Crippen LogP contribution in [0.15, 0.2) is 24.3 Å². The lowest BCUT2D eigenvalue weighted by Crippen LogP contribution is -2.29. The van der Waals surface area contributed by atoms with Crippen LogP contribution in [0.2, 0.25) is 0 Å². The summed E-state index contributed by atoms with van der Waals surface area (Å²) in [5.41, 5.74) is 5.36. The van der Waals surface area contributed by atoms with Crippen LogP contribution in [-0.4, -0.2) is 49.3 Å². The molecule has 0 saturated carbocycles. The van der Waals surface area contributed by atoms with Crippen LogP contribution in [0, 0.1) is 0 Å². The van der Waals surface area contributed by atoms with Crippen molar-refractivity contribution in [2.45, 2.75) is 296 Å². The average molecular weight is 954 g/mol. The predicted octanol–water partition coefficient (Wildman–Crippen LogP) is 17.5. The van der Waals surface area contributed by atoms with E-state index in [4.69, 9.17) is 24.3 Å². The Kier molecular flexibility index (Phi) is 51.6. The van der Waals surface area contributed by atoms with Gasteiger partial charge in [-0.15, -0.1) is 0 Å². The molecule has 0 amide bonds. The van der Waals surface area contributed by atoms with Crippen molar-refractivity contribution in [2.75, 3.05) is 26.4 Å². The van der Waals surface area contributed by atoms with E-state index in [0.29, 0.717) is 6.42 Å². The summed E-state index contributed by atoms with van der Waals surface area (Å²) in [6, 6.07) is 0. The van der Waals surface area contributed by atoms with Crippen LogP contribution in [0.3, 0.4) is 0 Å². The number of hydrogen-bond acceptors (Lipinski definition) is 8. The van der Waals surface area contributed by atoms with Crippen molar-refractivity contribution in [1.82, 2.24) is 0 Å². The zero-order valence-electron chi connectivity index (χ0n) is 43.5. The largest absolute Gasteiger partial charge is 0.472 e. The van der Waals surface area contributed by atoms with Crippen molar-refractivity contribution < 1.29 is 37.6 Å². The second-order valence-corrected chi connectivity index (χ2v) is 20.6. The number of esters is 2. The van der Waals surface area contributed by atoms with Gasteiger partial charge in [-0.3, -0.25) is 18.6 Å². The predicted molar refractivity (Wildman–Crippen MR) is 280 cm³/mol. The molecule has 0 rings (SSSR count). The maximum atomic E-state index is 12.6. The SMILES string of the molecule is CCC/C=C\C/C=C\CCCCCCCC(=O)OC(COC(=O)CCCCCCCCCCCCCCCCCCCCCCCCCCCCCCCCCC)COP(=O)(O)OCCN. The fraction of sp³-hybridized carbons (Fsp3) is 0.893. The third kappa shape index (κ3) is 51.9. The van der Waals surface area contributed by atoms with Gasteiger partial charge in [-0.05, 0) is 38.5 Å². The lowest BCUT2D eigenvalue weighted by molar-refractivity contribution is -0.161. The van der Waals surface area contributed by atoms with E-state index in [-0.39, 0.29) is 38.6 Å². The molecule has 10 heteroatoms. The molecular formula is C56H108NO8P. The van der Waals surface area contributed by atoms with Crippen LogP contribution in [0.4, 0.5) is 0 Å². The summed E-state index contributed by atoms with van der Waals surface area (Å²) in [6.07, 6.45) is 61.2. The summed E-state index contributed by atoms with van der Waals surface area (Å²) in [5.74, 6) is -0.832. The molecule has 0 saturated heterocycles. The first-order valence-electron chi connectivity index (χ1n) is 28.3. The van der Waals surface area contributed by atoms with E-state index >= 15 is 0 Å². The molecule has 2 unspecified atom stereocenters. The van der Waals surface area contributed by atoms with Crippen molar-refractivity contribution in [2.24, 2.45) is 5.73 Å². The molecule has 0 radical (unpaired) electrons. The highest BCUT2D eigenvalue weighted by atomic mass is 31.2. The fourth-order valence-electron chi connectivity index (χ4n) is 8.38. The van der Waals surface area contributed by atoms with Crippen molar-refractivity contribution in [3.05, 3.63) is 24.3 Å². The minimum Gasteiger partial charge on any atom is -0.462 e. The molecule has 0 aromatic heterocycles. The number of carbonyl (C=O) groups is 2. The first kappa shape index (κ1) is 64.5. The second kappa shape index (κ2) is 52.9. The van der Waals surface area contributed by atoms with Gasteiger partial charge in [0.2, 0.25) is 0 Å². The summed E-state index contributed by atoms with van der Waals surface area (Å²) in [4.78, 5) is 35.0. The summed E-state index contributed by atoms with van der Waals surface area (Å²) < 4.78 is 32.9. The molecule has 9 nitrogen and oxygen atoms in total. The molecule has 390 valence electrons. The number of rotatable bonds is 54. The maximum absolute atomic E-state index is 12.6. The molecule has 0 aliphatic carbocycles. The average Bonchev–Trinajstić information content (AvgIpc) is 3.31. The van der Waals surface area contributed by atoms with Gasteiger partial charge in [-0.25, -0.2) is 4.57 Å². The van der Waals surface area contributed by atoms with Crippen molar-refractivity contribution in [1.29, 1.82) is 0 Å². The van der Waals surface area contributed by atoms with E-state index in [0.717, 1.165) is 64.2 Å². The zero-order valence-corrected chi connectivity index (χ0v) is 44.3. The van der Waals surface area contributed by atoms with Gasteiger partial charge in [0.1, 0.15) is 6.61 Å². The second-order valence-electron chi connectivity index (χ2n) is 19.2. The highest BCUT2D eigenvalue weighted by molar-refractivity contribution is 7.47. The lowest BCUT2D eigenvalue weighted by atomic mass is 10.0. The van der Waals surface area contributed by atoms with E-state index in [1.807, 2.05) is 0 Å². The van der Waals surface area contributed by atoms with E-state index in [1.54, 1.807) is 0 Å². The number of unbranched alkanes of at least 4 members (excludes halogenated alkanes) is 37. The lowest BCUT2D eigenvalue weighted by Gasteiger charge is -2.19. The molecule has 0 fully saturated rings. The van der Waals surface area contributed by atoms with Crippen LogP contribution in [-0.2, 0) is 32.7 Å². The Balaban J connectivity index is 3.79. The van der Waals surface area contributed by atoms with E-state index in [2.05, 4.69) is 38.2 Å². The quantitative estimate of drug-likeness (QED) is 0.0264. The normalized spacial score (nSPS) is 13.2. The molecule has 0 aliphatic rings. The van der Waals surface area contributed by atoms with E-state index < -0.39 is 26.5 Å². The molecule has 66 heavy (non-hydrogen) atoms. The minimum absolute atomic E-state index is 0.0527. The molecule has 0 spiro atoms. The van der Waals surface area contributed by atoms with Crippen molar-refractivity contribution >= 4 is 19.8 Å². The Bertz CT molecular complexity index is 1130. The van der Waals surface area contributed by atoms with Crippen molar-refractivity contribution in [3.8, 4) is 0 Å². The highest BCUT2D eigenvalue weighted by Gasteiger charge is 2.26. The smallest absolute Gasteiger partial charge is 0.462 e. The van der Waals surface area contributed by atoms with Crippen LogP contribution < -0.4 is 5.73 Å². The molecule has 0 heterocycles. The van der Waals surface area contributed by atoms with Gasteiger partial charge in [0.05, 0.1) is 13.2 Å². The monoisotopic (exact) mass is 954 g/mol. The first-order valence-corrected chi connectivity index (χ1v) is 29.8. The summed E-state index contributed by atoms with van der Waals surface area (Å²) in [6.45, 7) is 3.70. The first-order chi connectivity index (χ1) is 32.3. The Morgan fingerprint density at radius 2 is 0.818 bits per heavy atom. The van der Waals surface area contributed by atoms with E-state index in [1.165, 1.54) is 193 Å². The van der Waals surface area contributed by atoms with Gasteiger partial charge in [-0.1, -0.05) is 263 Å². The number of phosphoric ester groups is 1. The number of ether oxygens (including phenoxy) is 2. The third-order valence-corrected chi connectivity index (χ3v) is 13.6. The van der Waals surface area contributed by atoms with Gasteiger partial charge in [0.15, 0.2) is 6.10 Å². The Labute approximate surface area is 408 Å². The zero-order chi connectivity index (χ0) is 48.1. The topological polar surface area (TPSA) is 134 Å². The number of allylic oxidation sites excluding steroid dienone is 4. The molecule has 0 aromatic carbocycles. The highest BCUT2D eigenvalue weighted by Crippen LogP contribution is 2.43. The van der Waals surface area contributed by atoms with Crippen LogP contribution in [0.1, 0.15) is 290 Å². The van der Waals surface area contributed by atoms with Gasteiger partial charge >= 0.3 is 19.8 Å². The number of carbonyl (C=O) groups excluding carboxylic acids is 2. The third-order valence-electron chi connectivity index (χ3n) is 12.6. The van der Waals surface area contributed by atoms with Crippen LogP contribution in [0.25, 0.3) is 0 Å². The molecule has 0 aromatic rings. The molecule has 3 N–H and O–H groups in total. The van der Waals surface area contributed by atoms with Crippen LogP contribution in [0.5, 0.6) is 0 Å².